The topological polar surface area (TPSA) is 107 Å². The Bertz CT molecular complexity index is 1190. The van der Waals surface area contributed by atoms with Gasteiger partial charge in [0.05, 0.1) is 20.3 Å². The number of benzene rings is 1. The number of rotatable bonds is 10. The number of imide groups is 1. The minimum atomic E-state index is -0.654. The fraction of sp³-hybridized carbons (Fsp3) is 0.240. The molecule has 176 valence electrons. The number of hydrogen-bond acceptors (Lipinski definition) is 7. The minimum absolute atomic E-state index is 0.0225. The molecule has 9 heteroatoms. The quantitative estimate of drug-likeness (QED) is 0.189. The molecule has 34 heavy (non-hydrogen) atoms. The monoisotopic (exact) mass is 464 g/mol. The van der Waals surface area contributed by atoms with Gasteiger partial charge in [-0.15, -0.1) is 13.0 Å². The highest BCUT2D eigenvalue weighted by Crippen LogP contribution is 2.35. The number of hydrogen-bond donors (Lipinski definition) is 1. The summed E-state index contributed by atoms with van der Waals surface area (Å²) in [5.41, 5.74) is 1.46. The van der Waals surface area contributed by atoms with Gasteiger partial charge in [0.15, 0.2) is 11.5 Å². The lowest BCUT2D eigenvalue weighted by Crippen LogP contribution is -2.30. The van der Waals surface area contributed by atoms with Crippen LogP contribution in [0.25, 0.3) is 6.08 Å². The third-order valence-corrected chi connectivity index (χ3v) is 4.75. The molecule has 1 N–H and O–H groups in total. The summed E-state index contributed by atoms with van der Waals surface area (Å²) in [6.07, 6.45) is 9.06. The number of amides is 3. The van der Waals surface area contributed by atoms with Gasteiger partial charge in [-0.05, 0) is 49.2 Å². The predicted molar refractivity (Wildman–Crippen MR) is 123 cm³/mol. The van der Waals surface area contributed by atoms with Crippen LogP contribution in [0.5, 0.6) is 11.5 Å². The van der Waals surface area contributed by atoms with E-state index >= 15 is 0 Å². The van der Waals surface area contributed by atoms with E-state index in [1.54, 1.807) is 24.3 Å². The maximum Gasteiger partial charge on any atom is 0.373 e. The molecule has 1 aromatic heterocycles. The Labute approximate surface area is 197 Å². The minimum Gasteiger partial charge on any atom is -0.490 e. The summed E-state index contributed by atoms with van der Waals surface area (Å²) in [5, 5.41) is 2.56. The van der Waals surface area contributed by atoms with Gasteiger partial charge in [-0.1, -0.05) is 12.0 Å². The molecule has 0 unspecified atom stereocenters. The maximum atomic E-state index is 12.9. The number of methoxy groups -OCH3 is 1. The van der Waals surface area contributed by atoms with Gasteiger partial charge in [0.25, 0.3) is 5.91 Å². The van der Waals surface area contributed by atoms with Crippen LogP contribution in [0.3, 0.4) is 0 Å². The van der Waals surface area contributed by atoms with Crippen molar-refractivity contribution in [1.82, 2.24) is 10.2 Å². The van der Waals surface area contributed by atoms with Crippen molar-refractivity contribution in [2.75, 3.05) is 20.3 Å². The SMILES string of the molecule is C#CCOc1c(CC=C)cc(/C=C2\NC(=O)N(Cc3ccc(C(=O)OC)o3)C2=O)cc1OCC. The first-order chi connectivity index (χ1) is 16.4. The predicted octanol–water partition coefficient (Wildman–Crippen LogP) is 3.30. The van der Waals surface area contributed by atoms with Crippen molar-refractivity contribution in [2.45, 2.75) is 19.9 Å². The second-order valence-corrected chi connectivity index (χ2v) is 7.06. The van der Waals surface area contributed by atoms with Crippen molar-refractivity contribution in [1.29, 1.82) is 0 Å². The number of terminal acetylenes is 1. The standard InChI is InChI=1S/C25H24N2O7/c1-5-8-17-12-16(14-21(32-7-3)22(17)33-11-6-2)13-19-23(28)27(25(30)26-19)15-18-9-10-20(34-18)24(29)31-4/h2,5,9-10,12-14H,1,7-8,11,15H2,3-4H3,(H,26,30)/b19-13-. The molecule has 0 aliphatic carbocycles. The summed E-state index contributed by atoms with van der Waals surface area (Å²) in [4.78, 5) is 37.9. The number of esters is 1. The highest BCUT2D eigenvalue weighted by molar-refractivity contribution is 6.13. The van der Waals surface area contributed by atoms with E-state index in [1.807, 2.05) is 6.92 Å². The van der Waals surface area contributed by atoms with Crippen LogP contribution >= 0.6 is 0 Å². The summed E-state index contributed by atoms with van der Waals surface area (Å²) < 4.78 is 21.3. The van der Waals surface area contributed by atoms with E-state index in [-0.39, 0.29) is 30.4 Å². The Morgan fingerprint density at radius 3 is 2.76 bits per heavy atom. The summed E-state index contributed by atoms with van der Waals surface area (Å²) >= 11 is 0. The number of furan rings is 1. The number of allylic oxidation sites excluding steroid dienone is 1. The molecule has 0 radical (unpaired) electrons. The second kappa shape index (κ2) is 10.9. The molecule has 1 aliphatic heterocycles. The highest BCUT2D eigenvalue weighted by atomic mass is 16.5. The van der Waals surface area contributed by atoms with Crippen LogP contribution in [-0.4, -0.2) is 43.1 Å². The van der Waals surface area contributed by atoms with Crippen molar-refractivity contribution in [3.05, 3.63) is 65.3 Å². The largest absolute Gasteiger partial charge is 0.490 e. The lowest BCUT2D eigenvalue weighted by Gasteiger charge is -2.15. The average Bonchev–Trinajstić information content (AvgIpc) is 3.39. The fourth-order valence-electron chi connectivity index (χ4n) is 3.33. The van der Waals surface area contributed by atoms with E-state index in [4.69, 9.17) is 20.3 Å². The summed E-state index contributed by atoms with van der Waals surface area (Å²) in [7, 11) is 1.23. The van der Waals surface area contributed by atoms with E-state index in [9.17, 15) is 14.4 Å². The van der Waals surface area contributed by atoms with Gasteiger partial charge >= 0.3 is 12.0 Å². The van der Waals surface area contributed by atoms with Crippen molar-refractivity contribution >= 4 is 24.0 Å². The number of nitrogens with zero attached hydrogens (tertiary/aromatic N) is 1. The molecule has 9 nitrogen and oxygen atoms in total. The molecule has 1 saturated heterocycles. The van der Waals surface area contributed by atoms with Gasteiger partial charge in [0, 0.05) is 5.56 Å². The van der Waals surface area contributed by atoms with Crippen LogP contribution in [0.1, 0.15) is 34.4 Å². The summed E-state index contributed by atoms with van der Waals surface area (Å²) in [5.74, 6) is 2.43. The lowest BCUT2D eigenvalue weighted by molar-refractivity contribution is -0.123. The molecule has 0 saturated carbocycles. The molecular weight excluding hydrogens is 440 g/mol. The smallest absolute Gasteiger partial charge is 0.373 e. The maximum absolute atomic E-state index is 12.9. The number of carbonyl (C=O) groups is 3. The van der Waals surface area contributed by atoms with Crippen molar-refractivity contribution in [3.63, 3.8) is 0 Å². The van der Waals surface area contributed by atoms with Crippen molar-refractivity contribution in [2.24, 2.45) is 0 Å². The van der Waals surface area contributed by atoms with Crippen molar-refractivity contribution in [3.8, 4) is 23.8 Å². The molecule has 2 heterocycles. The molecular formula is C25H24N2O7. The van der Waals surface area contributed by atoms with E-state index in [2.05, 4.69) is 22.6 Å². The highest BCUT2D eigenvalue weighted by Gasteiger charge is 2.34. The molecule has 0 spiro atoms. The third kappa shape index (κ3) is 5.30. The second-order valence-electron chi connectivity index (χ2n) is 7.06. The molecule has 1 aliphatic rings. The Morgan fingerprint density at radius 2 is 2.09 bits per heavy atom. The van der Waals surface area contributed by atoms with Gasteiger partial charge in [-0.25, -0.2) is 9.59 Å². The van der Waals surface area contributed by atoms with E-state index < -0.39 is 17.9 Å². The first kappa shape index (κ1) is 24.2. The molecule has 1 aromatic carbocycles. The Morgan fingerprint density at radius 1 is 1.29 bits per heavy atom. The number of carbonyl (C=O) groups excluding carboxylic acids is 3. The summed E-state index contributed by atoms with van der Waals surface area (Å²) in [6, 6.07) is 5.81. The van der Waals surface area contributed by atoms with Crippen LogP contribution in [-0.2, 0) is 22.5 Å². The van der Waals surface area contributed by atoms with Crippen LogP contribution in [0, 0.1) is 12.3 Å². The van der Waals surface area contributed by atoms with Gasteiger partial charge in [-0.2, -0.15) is 0 Å². The molecule has 1 fully saturated rings. The Balaban J connectivity index is 1.88. The van der Waals surface area contributed by atoms with Crippen LogP contribution in [0.15, 0.2) is 47.0 Å². The first-order valence-corrected chi connectivity index (χ1v) is 10.4. The van der Waals surface area contributed by atoms with E-state index in [0.29, 0.717) is 30.1 Å². The van der Waals surface area contributed by atoms with Gasteiger partial charge in [-0.3, -0.25) is 9.69 Å². The van der Waals surface area contributed by atoms with Crippen molar-refractivity contribution < 1.29 is 33.0 Å². The number of ether oxygens (including phenoxy) is 3. The van der Waals surface area contributed by atoms with Crippen LogP contribution in [0.2, 0.25) is 0 Å². The Kier molecular flexibility index (Phi) is 7.77. The van der Waals surface area contributed by atoms with Gasteiger partial charge in [0.1, 0.15) is 18.1 Å². The Hall–Kier alpha value is -4.45. The molecule has 3 rings (SSSR count). The molecule has 3 amide bonds. The third-order valence-electron chi connectivity index (χ3n) is 4.75. The van der Waals surface area contributed by atoms with Crippen LogP contribution < -0.4 is 14.8 Å². The lowest BCUT2D eigenvalue weighted by atomic mass is 10.0. The van der Waals surface area contributed by atoms with Crippen LogP contribution in [0.4, 0.5) is 4.79 Å². The zero-order valence-corrected chi connectivity index (χ0v) is 18.9. The average molecular weight is 464 g/mol. The first-order valence-electron chi connectivity index (χ1n) is 10.4. The molecule has 0 bridgehead atoms. The fourth-order valence-corrected chi connectivity index (χ4v) is 3.33. The van der Waals surface area contributed by atoms with Gasteiger partial charge in [0.2, 0.25) is 5.76 Å². The molecule has 0 atom stereocenters. The van der Waals surface area contributed by atoms with E-state index in [1.165, 1.54) is 19.2 Å². The molecule has 2 aromatic rings. The normalized spacial score (nSPS) is 14.0. The van der Waals surface area contributed by atoms with Gasteiger partial charge < -0.3 is 23.9 Å². The zero-order valence-electron chi connectivity index (χ0n) is 18.9. The summed E-state index contributed by atoms with van der Waals surface area (Å²) in [6.45, 7) is 5.91. The zero-order chi connectivity index (χ0) is 24.7. The number of urea groups is 1. The van der Waals surface area contributed by atoms with E-state index in [0.717, 1.165) is 10.5 Å². The number of nitrogens with one attached hydrogen (secondary N) is 1.